The summed E-state index contributed by atoms with van der Waals surface area (Å²) in [5.41, 5.74) is 2.11. The summed E-state index contributed by atoms with van der Waals surface area (Å²) in [7, 11) is -3.41. The summed E-state index contributed by atoms with van der Waals surface area (Å²) in [4.78, 5) is 0.404. The van der Waals surface area contributed by atoms with Crippen molar-refractivity contribution in [2.45, 2.75) is 38.5 Å². The fourth-order valence-electron chi connectivity index (χ4n) is 3.54. The quantitative estimate of drug-likeness (QED) is 0.837. The van der Waals surface area contributed by atoms with E-state index in [1.165, 1.54) is 0 Å². The summed E-state index contributed by atoms with van der Waals surface area (Å²) in [6.07, 6.45) is 4.22. The Morgan fingerprint density at radius 2 is 1.81 bits per heavy atom. The number of sulfonamides is 1. The van der Waals surface area contributed by atoms with Crippen molar-refractivity contribution in [2.75, 3.05) is 6.54 Å². The van der Waals surface area contributed by atoms with Crippen LogP contribution in [0.5, 0.6) is 0 Å². The molecule has 0 saturated carbocycles. The van der Waals surface area contributed by atoms with Crippen molar-refractivity contribution in [1.29, 1.82) is 0 Å². The van der Waals surface area contributed by atoms with Gasteiger partial charge in [0, 0.05) is 18.2 Å². The van der Waals surface area contributed by atoms with Crippen molar-refractivity contribution < 1.29 is 8.42 Å². The van der Waals surface area contributed by atoms with Gasteiger partial charge in [0.25, 0.3) is 10.0 Å². The third kappa shape index (κ3) is 2.39. The van der Waals surface area contributed by atoms with Crippen molar-refractivity contribution in [3.8, 4) is 0 Å². The fourth-order valence-corrected chi connectivity index (χ4v) is 5.12. The topological polar surface area (TPSA) is 37.4 Å². The van der Waals surface area contributed by atoms with Gasteiger partial charge in [0.2, 0.25) is 0 Å². The lowest BCUT2D eigenvalue weighted by atomic mass is 9.85. The predicted octanol–water partition coefficient (Wildman–Crippen LogP) is 3.57. The molecule has 0 radical (unpaired) electrons. The molecule has 0 amide bonds. The van der Waals surface area contributed by atoms with Gasteiger partial charge in [-0.2, -0.15) is 0 Å². The zero-order valence-corrected chi connectivity index (χ0v) is 13.7. The van der Waals surface area contributed by atoms with Crippen LogP contribution in [0.25, 0.3) is 0 Å². The Hall–Kier alpha value is -1.29. The van der Waals surface area contributed by atoms with E-state index in [0.29, 0.717) is 29.2 Å². The normalized spacial score (nSPS) is 29.2. The number of hydrogen-bond donors (Lipinski definition) is 0. The minimum absolute atomic E-state index is 0.397. The lowest BCUT2D eigenvalue weighted by molar-refractivity contribution is 0.272. The lowest BCUT2D eigenvalue weighted by Gasteiger charge is -2.35. The molecule has 4 heteroatoms. The Balaban J connectivity index is 1.99. The number of nitrogens with zero attached hydrogens (tertiary/aromatic N) is 1. The molecule has 1 aromatic rings. The van der Waals surface area contributed by atoms with Crippen LogP contribution in [0.2, 0.25) is 0 Å². The van der Waals surface area contributed by atoms with E-state index >= 15 is 0 Å². The number of piperidine rings is 1. The molecular formula is C17H23NO2S. The van der Waals surface area contributed by atoms with E-state index in [-0.39, 0.29) is 0 Å². The van der Waals surface area contributed by atoms with Gasteiger partial charge in [-0.15, -0.1) is 0 Å². The van der Waals surface area contributed by atoms with Gasteiger partial charge in [0.15, 0.2) is 0 Å². The van der Waals surface area contributed by atoms with Gasteiger partial charge in [-0.1, -0.05) is 37.6 Å². The maximum Gasteiger partial charge on any atom is 0.264 e. The van der Waals surface area contributed by atoms with Crippen LogP contribution in [0.1, 0.15) is 32.3 Å². The summed E-state index contributed by atoms with van der Waals surface area (Å²) in [6.45, 7) is 7.00. The predicted molar refractivity (Wildman–Crippen MR) is 84.2 cm³/mol. The number of hydrogen-bond acceptors (Lipinski definition) is 2. The minimum atomic E-state index is -3.41. The molecule has 1 aliphatic heterocycles. The third-order valence-corrected chi connectivity index (χ3v) is 6.89. The molecule has 0 N–H and O–H groups in total. The molecule has 114 valence electrons. The molecule has 1 heterocycles. The Kier molecular flexibility index (Phi) is 3.60. The first-order chi connectivity index (χ1) is 9.91. The monoisotopic (exact) mass is 305 g/mol. The van der Waals surface area contributed by atoms with Gasteiger partial charge in [-0.3, -0.25) is 4.31 Å². The molecule has 3 rings (SSSR count). The van der Waals surface area contributed by atoms with Crippen LogP contribution in [0.4, 0.5) is 0 Å². The molecule has 2 aliphatic rings. The molecule has 1 saturated heterocycles. The molecule has 3 atom stereocenters. The summed E-state index contributed by atoms with van der Waals surface area (Å²) in [5.74, 6) is 1.39. The van der Waals surface area contributed by atoms with E-state index in [2.05, 4.69) is 19.9 Å². The van der Waals surface area contributed by atoms with Crippen LogP contribution < -0.4 is 0 Å². The van der Waals surface area contributed by atoms with E-state index in [0.717, 1.165) is 24.1 Å². The van der Waals surface area contributed by atoms with Crippen LogP contribution in [0, 0.1) is 24.7 Å². The van der Waals surface area contributed by atoms with Crippen molar-refractivity contribution >= 4 is 10.0 Å². The highest BCUT2D eigenvalue weighted by atomic mass is 32.2. The Labute approximate surface area is 127 Å². The van der Waals surface area contributed by atoms with Gasteiger partial charge >= 0.3 is 0 Å². The van der Waals surface area contributed by atoms with Crippen LogP contribution >= 0.6 is 0 Å². The smallest absolute Gasteiger partial charge is 0.264 e. The fraction of sp³-hybridized carbons (Fsp3) is 0.529. The zero-order chi connectivity index (χ0) is 15.2. The van der Waals surface area contributed by atoms with Crippen LogP contribution in [-0.4, -0.2) is 19.3 Å². The molecule has 1 aromatic carbocycles. The molecule has 21 heavy (non-hydrogen) atoms. The van der Waals surface area contributed by atoms with E-state index in [1.54, 1.807) is 16.4 Å². The minimum Gasteiger partial charge on any atom is -0.270 e. The second-order valence-corrected chi connectivity index (χ2v) is 8.31. The van der Waals surface area contributed by atoms with Crippen molar-refractivity contribution in [1.82, 2.24) is 4.31 Å². The van der Waals surface area contributed by atoms with Crippen LogP contribution in [0.3, 0.4) is 0 Å². The first-order valence-corrected chi connectivity index (χ1v) is 9.16. The third-order valence-electron chi connectivity index (χ3n) is 5.05. The summed E-state index contributed by atoms with van der Waals surface area (Å²) in [6, 6.07) is 7.17. The summed E-state index contributed by atoms with van der Waals surface area (Å²) in [5, 5.41) is 0. The standard InChI is InChI=1S/C17H23NO2S/c1-12-6-8-15(9-7-12)21(19,20)18-10-4-5-16-14(3)13(2)11-17(16)18/h6-9,11,13-14,16H,4-5,10H2,1-3H3. The molecule has 3 unspecified atom stereocenters. The van der Waals surface area contributed by atoms with E-state index in [9.17, 15) is 8.42 Å². The second-order valence-electron chi connectivity index (χ2n) is 6.45. The SMILES string of the molecule is Cc1ccc(S(=O)(=O)N2CCCC3C2=CC(C)C3C)cc1. The summed E-state index contributed by atoms with van der Waals surface area (Å²) < 4.78 is 27.5. The molecule has 0 aromatic heterocycles. The Bertz CT molecular complexity index is 661. The Morgan fingerprint density at radius 1 is 1.14 bits per heavy atom. The van der Waals surface area contributed by atoms with Crippen molar-refractivity contribution in [3.63, 3.8) is 0 Å². The molecule has 1 aliphatic carbocycles. The van der Waals surface area contributed by atoms with Crippen molar-refractivity contribution in [3.05, 3.63) is 41.6 Å². The van der Waals surface area contributed by atoms with Crippen LogP contribution in [0.15, 0.2) is 40.9 Å². The largest absolute Gasteiger partial charge is 0.270 e. The van der Waals surface area contributed by atoms with E-state index in [1.807, 2.05) is 19.1 Å². The molecule has 0 bridgehead atoms. The van der Waals surface area contributed by atoms with Gasteiger partial charge in [0.05, 0.1) is 4.90 Å². The number of benzene rings is 1. The molecule has 0 spiro atoms. The van der Waals surface area contributed by atoms with Gasteiger partial charge in [0.1, 0.15) is 0 Å². The molecular weight excluding hydrogens is 282 g/mol. The van der Waals surface area contributed by atoms with Crippen molar-refractivity contribution in [2.24, 2.45) is 17.8 Å². The average molecular weight is 305 g/mol. The summed E-state index contributed by atoms with van der Waals surface area (Å²) >= 11 is 0. The maximum absolute atomic E-state index is 12.9. The number of rotatable bonds is 2. The average Bonchev–Trinajstić information content (AvgIpc) is 2.75. The highest BCUT2D eigenvalue weighted by Crippen LogP contribution is 2.44. The van der Waals surface area contributed by atoms with Gasteiger partial charge < -0.3 is 0 Å². The van der Waals surface area contributed by atoms with E-state index < -0.39 is 10.0 Å². The molecule has 1 fully saturated rings. The highest BCUT2D eigenvalue weighted by Gasteiger charge is 2.41. The van der Waals surface area contributed by atoms with Gasteiger partial charge in [-0.05, 0) is 43.7 Å². The Morgan fingerprint density at radius 3 is 2.48 bits per heavy atom. The first-order valence-electron chi connectivity index (χ1n) is 7.72. The molecule has 3 nitrogen and oxygen atoms in total. The maximum atomic E-state index is 12.9. The zero-order valence-electron chi connectivity index (χ0n) is 12.9. The lowest BCUT2D eigenvalue weighted by Crippen LogP contribution is -2.38. The highest BCUT2D eigenvalue weighted by molar-refractivity contribution is 7.89. The number of fused-ring (bicyclic) bond motifs is 1. The second kappa shape index (κ2) is 5.16. The first kappa shape index (κ1) is 14.6. The number of allylic oxidation sites excluding steroid dienone is 2. The van der Waals surface area contributed by atoms with E-state index in [4.69, 9.17) is 0 Å². The number of aryl methyl sites for hydroxylation is 1. The van der Waals surface area contributed by atoms with Gasteiger partial charge in [-0.25, -0.2) is 8.42 Å². The van der Waals surface area contributed by atoms with Crippen LogP contribution in [-0.2, 0) is 10.0 Å².